The number of anilines is 1. The number of hydrogen-bond acceptors (Lipinski definition) is 3. The summed E-state index contributed by atoms with van der Waals surface area (Å²) >= 11 is 6.10. The van der Waals surface area contributed by atoms with E-state index in [9.17, 15) is 14.0 Å². The van der Waals surface area contributed by atoms with Crippen LogP contribution in [-0.2, 0) is 6.42 Å². The van der Waals surface area contributed by atoms with Crippen LogP contribution in [0.25, 0.3) is 5.69 Å². The second-order valence-electron chi connectivity index (χ2n) is 5.76. The van der Waals surface area contributed by atoms with Crippen molar-refractivity contribution in [1.82, 2.24) is 9.78 Å². The van der Waals surface area contributed by atoms with Crippen molar-refractivity contribution in [2.24, 2.45) is 5.73 Å². The summed E-state index contributed by atoms with van der Waals surface area (Å²) in [7, 11) is 0. The van der Waals surface area contributed by atoms with Crippen LogP contribution in [0.1, 0.15) is 33.3 Å². The molecule has 1 heterocycles. The monoisotopic (exact) mass is 386 g/mol. The van der Waals surface area contributed by atoms with Crippen LogP contribution in [0.4, 0.5) is 10.1 Å². The van der Waals surface area contributed by atoms with E-state index in [0.29, 0.717) is 23.4 Å². The Morgan fingerprint density at radius 1 is 1.22 bits per heavy atom. The highest BCUT2D eigenvalue weighted by molar-refractivity contribution is 6.34. The zero-order chi connectivity index (χ0) is 19.6. The molecule has 8 heteroatoms. The average Bonchev–Trinajstić information content (AvgIpc) is 3.08. The number of carbonyl (C=O) groups excluding carboxylic acids is 2. The van der Waals surface area contributed by atoms with Gasteiger partial charge in [-0.05, 0) is 48.9 Å². The molecule has 0 aliphatic rings. The normalized spacial score (nSPS) is 10.6. The minimum absolute atomic E-state index is 0.229. The number of carbonyl (C=O) groups is 2. The number of primary amides is 1. The van der Waals surface area contributed by atoms with Gasteiger partial charge in [-0.2, -0.15) is 5.10 Å². The summed E-state index contributed by atoms with van der Waals surface area (Å²) in [4.78, 5) is 24.1. The molecule has 0 bridgehead atoms. The summed E-state index contributed by atoms with van der Waals surface area (Å²) < 4.78 is 14.7. The molecule has 0 fully saturated rings. The van der Waals surface area contributed by atoms with E-state index in [1.165, 1.54) is 36.5 Å². The lowest BCUT2D eigenvalue weighted by Gasteiger charge is -2.10. The first kappa shape index (κ1) is 18.6. The molecule has 0 spiro atoms. The number of nitrogens with two attached hydrogens (primary N) is 1. The number of halogens is 2. The lowest BCUT2D eigenvalue weighted by molar-refractivity contribution is 0.0996. The Labute approximate surface area is 159 Å². The van der Waals surface area contributed by atoms with E-state index < -0.39 is 11.8 Å². The third-order valence-electron chi connectivity index (χ3n) is 4.02. The second kappa shape index (κ2) is 7.59. The van der Waals surface area contributed by atoms with Crippen molar-refractivity contribution in [2.75, 3.05) is 5.32 Å². The van der Waals surface area contributed by atoms with Gasteiger partial charge < -0.3 is 11.1 Å². The molecular weight excluding hydrogens is 371 g/mol. The minimum Gasteiger partial charge on any atom is -0.366 e. The predicted octanol–water partition coefficient (Wildman–Crippen LogP) is 3.58. The lowest BCUT2D eigenvalue weighted by atomic mass is 10.1. The van der Waals surface area contributed by atoms with Crippen molar-refractivity contribution in [3.05, 3.63) is 76.3 Å². The summed E-state index contributed by atoms with van der Waals surface area (Å²) in [6.07, 6.45) is 1.96. The number of benzene rings is 2. The third kappa shape index (κ3) is 3.83. The smallest absolute Gasteiger partial charge is 0.259 e. The van der Waals surface area contributed by atoms with E-state index in [1.54, 1.807) is 16.8 Å². The summed E-state index contributed by atoms with van der Waals surface area (Å²) in [6.45, 7) is 1.88. The number of nitrogens with one attached hydrogen (secondary N) is 1. The van der Waals surface area contributed by atoms with E-state index >= 15 is 0 Å². The standard InChI is InChI=1S/C19H16ClFN4O2/c1-2-17-14(10-23-25(17)13-6-4-12(21)5-7-13)19(27)24-16-9-11(18(22)26)3-8-15(16)20/h3-10H,2H2,1H3,(H2,22,26)(H,24,27). The Morgan fingerprint density at radius 2 is 1.93 bits per heavy atom. The van der Waals surface area contributed by atoms with Crippen molar-refractivity contribution in [3.63, 3.8) is 0 Å². The number of nitrogens with zero attached hydrogens (tertiary/aromatic N) is 2. The predicted molar refractivity (Wildman–Crippen MR) is 101 cm³/mol. The zero-order valence-corrected chi connectivity index (χ0v) is 15.1. The molecular formula is C19H16ClFN4O2. The van der Waals surface area contributed by atoms with Gasteiger partial charge in [-0.1, -0.05) is 18.5 Å². The Balaban J connectivity index is 1.93. The van der Waals surface area contributed by atoms with E-state index in [2.05, 4.69) is 10.4 Å². The Bertz CT molecular complexity index is 1020. The fourth-order valence-electron chi connectivity index (χ4n) is 2.67. The van der Waals surface area contributed by atoms with Crippen molar-refractivity contribution in [1.29, 1.82) is 0 Å². The van der Waals surface area contributed by atoms with Crippen LogP contribution in [0.2, 0.25) is 5.02 Å². The minimum atomic E-state index is -0.624. The molecule has 2 aromatic carbocycles. The van der Waals surface area contributed by atoms with Gasteiger partial charge in [-0.25, -0.2) is 9.07 Å². The van der Waals surface area contributed by atoms with Gasteiger partial charge in [0.1, 0.15) is 5.82 Å². The third-order valence-corrected chi connectivity index (χ3v) is 4.35. The molecule has 0 radical (unpaired) electrons. The zero-order valence-electron chi connectivity index (χ0n) is 14.4. The molecule has 3 aromatic rings. The number of aromatic nitrogens is 2. The SMILES string of the molecule is CCc1c(C(=O)Nc2cc(C(N)=O)ccc2Cl)cnn1-c1ccc(F)cc1. The van der Waals surface area contributed by atoms with Gasteiger partial charge in [0, 0.05) is 5.56 Å². The van der Waals surface area contributed by atoms with Gasteiger partial charge >= 0.3 is 0 Å². The van der Waals surface area contributed by atoms with Crippen LogP contribution in [-0.4, -0.2) is 21.6 Å². The van der Waals surface area contributed by atoms with Crippen LogP contribution in [0.5, 0.6) is 0 Å². The van der Waals surface area contributed by atoms with Crippen molar-refractivity contribution < 1.29 is 14.0 Å². The Morgan fingerprint density at radius 3 is 2.56 bits per heavy atom. The molecule has 0 unspecified atom stereocenters. The van der Waals surface area contributed by atoms with Crippen LogP contribution >= 0.6 is 11.6 Å². The molecule has 3 N–H and O–H groups in total. The highest BCUT2D eigenvalue weighted by Crippen LogP contribution is 2.25. The van der Waals surface area contributed by atoms with Crippen molar-refractivity contribution in [3.8, 4) is 5.69 Å². The number of rotatable bonds is 5. The van der Waals surface area contributed by atoms with Crippen LogP contribution in [0.3, 0.4) is 0 Å². The number of hydrogen-bond donors (Lipinski definition) is 2. The highest BCUT2D eigenvalue weighted by Gasteiger charge is 2.18. The summed E-state index contributed by atoms with van der Waals surface area (Å²) in [5.74, 6) is -1.41. The summed E-state index contributed by atoms with van der Waals surface area (Å²) in [5.41, 5.74) is 7.41. The largest absolute Gasteiger partial charge is 0.366 e. The molecule has 0 aliphatic heterocycles. The topological polar surface area (TPSA) is 90.0 Å². The highest BCUT2D eigenvalue weighted by atomic mass is 35.5. The summed E-state index contributed by atoms with van der Waals surface area (Å²) in [6, 6.07) is 10.2. The summed E-state index contributed by atoms with van der Waals surface area (Å²) in [5, 5.41) is 7.20. The number of amides is 2. The maximum Gasteiger partial charge on any atom is 0.259 e. The molecule has 27 heavy (non-hydrogen) atoms. The fraction of sp³-hybridized carbons (Fsp3) is 0.105. The molecule has 0 saturated heterocycles. The fourth-order valence-corrected chi connectivity index (χ4v) is 2.84. The van der Waals surface area contributed by atoms with E-state index in [4.69, 9.17) is 17.3 Å². The first-order valence-corrected chi connectivity index (χ1v) is 8.52. The van der Waals surface area contributed by atoms with Crippen LogP contribution in [0, 0.1) is 5.82 Å². The van der Waals surface area contributed by atoms with Gasteiger partial charge in [0.05, 0.1) is 33.9 Å². The van der Waals surface area contributed by atoms with Gasteiger partial charge in [-0.15, -0.1) is 0 Å². The Kier molecular flexibility index (Phi) is 5.23. The van der Waals surface area contributed by atoms with Crippen LogP contribution in [0.15, 0.2) is 48.7 Å². The average molecular weight is 387 g/mol. The van der Waals surface area contributed by atoms with E-state index in [1.807, 2.05) is 6.92 Å². The van der Waals surface area contributed by atoms with Crippen molar-refractivity contribution >= 4 is 29.1 Å². The molecule has 2 amide bonds. The van der Waals surface area contributed by atoms with Gasteiger partial charge in [0.25, 0.3) is 5.91 Å². The van der Waals surface area contributed by atoms with Gasteiger partial charge in [-0.3, -0.25) is 9.59 Å². The lowest BCUT2D eigenvalue weighted by Crippen LogP contribution is -2.16. The van der Waals surface area contributed by atoms with E-state index in [0.717, 1.165) is 0 Å². The first-order valence-electron chi connectivity index (χ1n) is 8.14. The molecule has 0 atom stereocenters. The maximum atomic E-state index is 13.1. The quantitative estimate of drug-likeness (QED) is 0.702. The van der Waals surface area contributed by atoms with E-state index in [-0.39, 0.29) is 22.1 Å². The molecule has 3 rings (SSSR count). The van der Waals surface area contributed by atoms with Gasteiger partial charge in [0.15, 0.2) is 0 Å². The molecule has 1 aromatic heterocycles. The first-order chi connectivity index (χ1) is 12.9. The molecule has 0 saturated carbocycles. The molecule has 6 nitrogen and oxygen atoms in total. The second-order valence-corrected chi connectivity index (χ2v) is 6.17. The molecule has 138 valence electrons. The Hall–Kier alpha value is -3.19. The molecule has 0 aliphatic carbocycles. The van der Waals surface area contributed by atoms with Gasteiger partial charge in [0.2, 0.25) is 5.91 Å². The van der Waals surface area contributed by atoms with Crippen molar-refractivity contribution in [2.45, 2.75) is 13.3 Å². The maximum absolute atomic E-state index is 13.1. The van der Waals surface area contributed by atoms with Crippen LogP contribution < -0.4 is 11.1 Å².